The Morgan fingerprint density at radius 3 is 2.58 bits per heavy atom. The van der Waals surface area contributed by atoms with Gasteiger partial charge in [0.15, 0.2) is 11.4 Å². The van der Waals surface area contributed by atoms with Gasteiger partial charge >= 0.3 is 12.1 Å². The van der Waals surface area contributed by atoms with Gasteiger partial charge in [0, 0.05) is 0 Å². The summed E-state index contributed by atoms with van der Waals surface area (Å²) in [4.78, 5) is 10.9. The van der Waals surface area contributed by atoms with Gasteiger partial charge in [-0.25, -0.2) is 9.48 Å². The second-order valence-electron chi connectivity index (χ2n) is 3.64. The summed E-state index contributed by atoms with van der Waals surface area (Å²) in [6.07, 6.45) is -3.70. The number of aromatic carboxylic acids is 1. The highest BCUT2D eigenvalue weighted by Crippen LogP contribution is 2.31. The van der Waals surface area contributed by atoms with Gasteiger partial charge in [-0.3, -0.25) is 0 Å². The SMILES string of the molecule is O=C(O)c1c(O)cnn1-c1cccc(C(F)(F)F)c1. The molecule has 2 aromatic rings. The molecule has 0 aliphatic rings. The Hall–Kier alpha value is -2.51. The van der Waals surface area contributed by atoms with E-state index in [0.29, 0.717) is 0 Å². The lowest BCUT2D eigenvalue weighted by Crippen LogP contribution is -2.10. The Labute approximate surface area is 104 Å². The molecule has 0 spiro atoms. The van der Waals surface area contributed by atoms with Crippen LogP contribution in [0.5, 0.6) is 5.75 Å². The molecule has 0 atom stereocenters. The second kappa shape index (κ2) is 4.30. The molecule has 0 fully saturated rings. The molecule has 100 valence electrons. The molecular weight excluding hydrogens is 265 g/mol. The van der Waals surface area contributed by atoms with E-state index >= 15 is 0 Å². The first-order chi connectivity index (χ1) is 8.80. The lowest BCUT2D eigenvalue weighted by atomic mass is 10.2. The lowest BCUT2D eigenvalue weighted by molar-refractivity contribution is -0.137. The minimum Gasteiger partial charge on any atom is -0.504 e. The number of alkyl halides is 3. The van der Waals surface area contributed by atoms with Gasteiger partial charge in [0.05, 0.1) is 17.4 Å². The molecule has 0 bridgehead atoms. The van der Waals surface area contributed by atoms with Crippen LogP contribution < -0.4 is 0 Å². The zero-order valence-corrected chi connectivity index (χ0v) is 9.22. The molecule has 8 heteroatoms. The van der Waals surface area contributed by atoms with Crippen LogP contribution in [-0.4, -0.2) is 26.0 Å². The third-order valence-electron chi connectivity index (χ3n) is 2.37. The van der Waals surface area contributed by atoms with Gasteiger partial charge in [0.1, 0.15) is 0 Å². The molecule has 0 radical (unpaired) electrons. The number of aromatic nitrogens is 2. The van der Waals surface area contributed by atoms with Crippen LogP contribution in [0, 0.1) is 0 Å². The van der Waals surface area contributed by atoms with E-state index in [1.165, 1.54) is 6.07 Å². The van der Waals surface area contributed by atoms with Crippen molar-refractivity contribution in [3.63, 3.8) is 0 Å². The van der Waals surface area contributed by atoms with Gasteiger partial charge in [-0.1, -0.05) is 6.07 Å². The third kappa shape index (κ3) is 2.37. The van der Waals surface area contributed by atoms with Gasteiger partial charge in [-0.2, -0.15) is 18.3 Å². The van der Waals surface area contributed by atoms with E-state index in [-0.39, 0.29) is 5.69 Å². The number of carbonyl (C=O) groups is 1. The molecule has 0 aliphatic heterocycles. The number of carboxylic acid groups (broad SMARTS) is 1. The highest BCUT2D eigenvalue weighted by molar-refractivity contribution is 5.89. The van der Waals surface area contributed by atoms with E-state index in [9.17, 15) is 23.1 Å². The summed E-state index contributed by atoms with van der Waals surface area (Å²) in [5.41, 5.74) is -1.64. The summed E-state index contributed by atoms with van der Waals surface area (Å²) in [5, 5.41) is 21.7. The van der Waals surface area contributed by atoms with Gasteiger partial charge in [0.2, 0.25) is 0 Å². The lowest BCUT2D eigenvalue weighted by Gasteiger charge is -2.09. The van der Waals surface area contributed by atoms with Gasteiger partial charge < -0.3 is 10.2 Å². The fourth-order valence-electron chi connectivity index (χ4n) is 1.55. The number of aromatic hydroxyl groups is 1. The topological polar surface area (TPSA) is 75.3 Å². The highest BCUT2D eigenvalue weighted by atomic mass is 19.4. The molecule has 1 aromatic heterocycles. The number of benzene rings is 1. The maximum absolute atomic E-state index is 12.6. The van der Waals surface area contributed by atoms with Crippen LogP contribution in [0.15, 0.2) is 30.5 Å². The number of halogens is 3. The van der Waals surface area contributed by atoms with Crippen molar-refractivity contribution >= 4 is 5.97 Å². The molecule has 1 heterocycles. The second-order valence-corrected chi connectivity index (χ2v) is 3.64. The number of hydrogen-bond acceptors (Lipinski definition) is 3. The standard InChI is InChI=1S/C11H7F3N2O3/c12-11(13,14)6-2-1-3-7(4-6)16-9(10(18)19)8(17)5-15-16/h1-5,17H,(H,18,19). The fourth-order valence-corrected chi connectivity index (χ4v) is 1.55. The van der Waals surface area contributed by atoms with E-state index < -0.39 is 29.2 Å². The molecule has 5 nitrogen and oxygen atoms in total. The van der Waals surface area contributed by atoms with Gasteiger partial charge in [0.25, 0.3) is 0 Å². The number of carboxylic acids is 1. The molecule has 1 aromatic carbocycles. The molecular formula is C11H7F3N2O3. The van der Waals surface area contributed by atoms with Crippen molar-refractivity contribution in [3.8, 4) is 11.4 Å². The Balaban J connectivity index is 2.57. The van der Waals surface area contributed by atoms with E-state index in [4.69, 9.17) is 5.11 Å². The van der Waals surface area contributed by atoms with Crippen LogP contribution in [0.2, 0.25) is 0 Å². The summed E-state index contributed by atoms with van der Waals surface area (Å²) in [6, 6.07) is 3.99. The Bertz CT molecular complexity index is 634. The summed E-state index contributed by atoms with van der Waals surface area (Å²) in [6.45, 7) is 0. The molecule has 19 heavy (non-hydrogen) atoms. The molecule has 2 rings (SSSR count). The monoisotopic (exact) mass is 272 g/mol. The van der Waals surface area contributed by atoms with Crippen LogP contribution in [0.25, 0.3) is 5.69 Å². The maximum atomic E-state index is 12.6. The van der Waals surface area contributed by atoms with Crippen molar-refractivity contribution in [2.45, 2.75) is 6.18 Å². The number of rotatable bonds is 2. The minimum absolute atomic E-state index is 0.104. The first-order valence-corrected chi connectivity index (χ1v) is 4.98. The zero-order chi connectivity index (χ0) is 14.2. The first-order valence-electron chi connectivity index (χ1n) is 4.98. The number of hydrogen-bond donors (Lipinski definition) is 2. The highest BCUT2D eigenvalue weighted by Gasteiger charge is 2.31. The molecule has 0 aliphatic carbocycles. The van der Waals surface area contributed by atoms with E-state index in [2.05, 4.69) is 5.10 Å². The maximum Gasteiger partial charge on any atom is 0.416 e. The predicted molar refractivity (Wildman–Crippen MR) is 57.2 cm³/mol. The fraction of sp³-hybridized carbons (Fsp3) is 0.0909. The van der Waals surface area contributed by atoms with Crippen LogP contribution in [0.4, 0.5) is 13.2 Å². The quantitative estimate of drug-likeness (QED) is 0.879. The van der Waals surface area contributed by atoms with Crippen LogP contribution in [-0.2, 0) is 6.18 Å². The average molecular weight is 272 g/mol. The Morgan fingerprint density at radius 1 is 1.32 bits per heavy atom. The minimum atomic E-state index is -4.55. The van der Waals surface area contributed by atoms with Crippen LogP contribution in [0.1, 0.15) is 16.1 Å². The zero-order valence-electron chi connectivity index (χ0n) is 9.22. The van der Waals surface area contributed by atoms with Crippen molar-refractivity contribution in [3.05, 3.63) is 41.7 Å². The molecule has 0 saturated heterocycles. The van der Waals surface area contributed by atoms with Crippen molar-refractivity contribution < 1.29 is 28.2 Å². The van der Waals surface area contributed by atoms with Crippen LogP contribution >= 0.6 is 0 Å². The Kier molecular flexibility index (Phi) is 2.93. The summed E-state index contributed by atoms with van der Waals surface area (Å²) in [5.74, 6) is -2.11. The van der Waals surface area contributed by atoms with E-state index in [0.717, 1.165) is 29.1 Å². The van der Waals surface area contributed by atoms with Crippen molar-refractivity contribution in [1.82, 2.24) is 9.78 Å². The average Bonchev–Trinajstić information content (AvgIpc) is 2.70. The number of nitrogens with zero attached hydrogens (tertiary/aromatic N) is 2. The molecule has 0 unspecified atom stereocenters. The van der Waals surface area contributed by atoms with Gasteiger partial charge in [-0.05, 0) is 18.2 Å². The summed E-state index contributed by atoms with van der Waals surface area (Å²) in [7, 11) is 0. The molecule has 2 N–H and O–H groups in total. The smallest absolute Gasteiger partial charge is 0.416 e. The van der Waals surface area contributed by atoms with Crippen LogP contribution in [0.3, 0.4) is 0 Å². The first kappa shape index (κ1) is 12.9. The summed E-state index contributed by atoms with van der Waals surface area (Å²) >= 11 is 0. The van der Waals surface area contributed by atoms with Crippen molar-refractivity contribution in [1.29, 1.82) is 0 Å². The summed E-state index contributed by atoms with van der Waals surface area (Å²) < 4.78 is 38.4. The van der Waals surface area contributed by atoms with Gasteiger partial charge in [-0.15, -0.1) is 0 Å². The van der Waals surface area contributed by atoms with Crippen molar-refractivity contribution in [2.75, 3.05) is 0 Å². The normalized spacial score (nSPS) is 11.5. The largest absolute Gasteiger partial charge is 0.504 e. The third-order valence-corrected chi connectivity index (χ3v) is 2.37. The van der Waals surface area contributed by atoms with E-state index in [1.807, 2.05) is 0 Å². The molecule has 0 saturated carbocycles. The Morgan fingerprint density at radius 2 is 2.00 bits per heavy atom. The van der Waals surface area contributed by atoms with E-state index in [1.54, 1.807) is 0 Å². The molecule has 0 amide bonds. The predicted octanol–water partition coefficient (Wildman–Crippen LogP) is 2.29. The van der Waals surface area contributed by atoms with Crippen molar-refractivity contribution in [2.24, 2.45) is 0 Å².